The first-order valence-electron chi connectivity index (χ1n) is 6.78. The number of benzene rings is 1. The number of amides is 1. The van der Waals surface area contributed by atoms with E-state index in [2.05, 4.69) is 9.84 Å². The summed E-state index contributed by atoms with van der Waals surface area (Å²) in [6.07, 6.45) is -2.80. The van der Waals surface area contributed by atoms with Crippen LogP contribution in [0.4, 0.5) is 13.2 Å². The number of carbonyl (C=O) groups excluding carboxylic acids is 1. The third-order valence-electron chi connectivity index (χ3n) is 3.15. The molecule has 0 saturated heterocycles. The number of rotatable bonds is 5. The number of hydrogen-bond donors (Lipinski definition) is 0. The molecule has 0 N–H and O–H groups in total. The zero-order chi connectivity index (χ0) is 17.0. The lowest BCUT2D eigenvalue weighted by molar-refractivity contribution is -0.153. The molecule has 124 valence electrons. The Labute approximate surface area is 131 Å². The van der Waals surface area contributed by atoms with Crippen LogP contribution in [-0.4, -0.2) is 40.4 Å². The largest absolute Gasteiger partial charge is 0.484 e. The van der Waals surface area contributed by atoms with Gasteiger partial charge in [0.25, 0.3) is 5.91 Å². The van der Waals surface area contributed by atoms with Crippen LogP contribution >= 0.6 is 0 Å². The maximum absolute atomic E-state index is 12.4. The molecule has 0 spiro atoms. The molecular formula is C15H16F3N3O2. The van der Waals surface area contributed by atoms with Gasteiger partial charge in [0.1, 0.15) is 5.75 Å². The minimum Gasteiger partial charge on any atom is -0.484 e. The Balaban J connectivity index is 2.05. The van der Waals surface area contributed by atoms with Crippen LogP contribution in [0.15, 0.2) is 36.5 Å². The van der Waals surface area contributed by atoms with Gasteiger partial charge in [-0.1, -0.05) is 6.07 Å². The highest BCUT2D eigenvalue weighted by atomic mass is 19.4. The highest BCUT2D eigenvalue weighted by Crippen LogP contribution is 2.20. The van der Waals surface area contributed by atoms with Crippen LogP contribution in [0.2, 0.25) is 0 Å². The van der Waals surface area contributed by atoms with Crippen molar-refractivity contribution in [1.82, 2.24) is 14.7 Å². The molecule has 2 rings (SSSR count). The second-order valence-corrected chi connectivity index (χ2v) is 5.04. The Morgan fingerprint density at radius 1 is 1.35 bits per heavy atom. The topological polar surface area (TPSA) is 47.4 Å². The van der Waals surface area contributed by atoms with E-state index >= 15 is 0 Å². The molecule has 1 aromatic heterocycles. The second kappa shape index (κ2) is 6.72. The second-order valence-electron chi connectivity index (χ2n) is 5.04. The van der Waals surface area contributed by atoms with Crippen LogP contribution in [0.3, 0.4) is 0 Å². The zero-order valence-corrected chi connectivity index (χ0v) is 12.7. The van der Waals surface area contributed by atoms with Crippen molar-refractivity contribution >= 4 is 5.91 Å². The van der Waals surface area contributed by atoms with Crippen molar-refractivity contribution in [3.8, 4) is 5.75 Å². The minimum absolute atomic E-state index is 0.00195. The summed E-state index contributed by atoms with van der Waals surface area (Å²) in [5.74, 6) is -0.314. The van der Waals surface area contributed by atoms with Crippen molar-refractivity contribution in [1.29, 1.82) is 0 Å². The summed E-state index contributed by atoms with van der Waals surface area (Å²) in [7, 11) is 3.37. The van der Waals surface area contributed by atoms with Gasteiger partial charge in [0.05, 0.1) is 12.2 Å². The Morgan fingerprint density at radius 2 is 2.09 bits per heavy atom. The molecular weight excluding hydrogens is 311 g/mol. The fourth-order valence-corrected chi connectivity index (χ4v) is 1.98. The average Bonchev–Trinajstić information content (AvgIpc) is 2.89. The monoisotopic (exact) mass is 327 g/mol. The fourth-order valence-electron chi connectivity index (χ4n) is 1.98. The summed E-state index contributed by atoms with van der Waals surface area (Å²) in [6, 6.07) is 7.48. The molecule has 0 aliphatic heterocycles. The Hall–Kier alpha value is -2.51. The highest BCUT2D eigenvalue weighted by molar-refractivity contribution is 5.94. The third kappa shape index (κ3) is 4.73. The molecule has 0 radical (unpaired) electrons. The smallest absolute Gasteiger partial charge is 0.422 e. The molecule has 5 nitrogen and oxygen atoms in total. The van der Waals surface area contributed by atoms with Crippen LogP contribution in [0.1, 0.15) is 16.1 Å². The van der Waals surface area contributed by atoms with Gasteiger partial charge >= 0.3 is 6.18 Å². The van der Waals surface area contributed by atoms with E-state index < -0.39 is 12.8 Å². The lowest BCUT2D eigenvalue weighted by atomic mass is 10.2. The number of halogens is 3. The molecule has 8 heteroatoms. The quantitative estimate of drug-likeness (QED) is 0.848. The number of hydrogen-bond acceptors (Lipinski definition) is 3. The molecule has 0 atom stereocenters. The van der Waals surface area contributed by atoms with E-state index in [-0.39, 0.29) is 17.2 Å². The maximum Gasteiger partial charge on any atom is 0.422 e. The molecule has 1 heterocycles. The summed E-state index contributed by atoms with van der Waals surface area (Å²) in [5, 5.41) is 4.02. The van der Waals surface area contributed by atoms with Gasteiger partial charge in [-0.2, -0.15) is 18.3 Å². The van der Waals surface area contributed by atoms with Gasteiger partial charge in [0.15, 0.2) is 6.61 Å². The number of aromatic nitrogens is 2. The van der Waals surface area contributed by atoms with Crippen LogP contribution < -0.4 is 4.74 Å². The number of carbonyl (C=O) groups is 1. The van der Waals surface area contributed by atoms with Crippen molar-refractivity contribution in [2.45, 2.75) is 12.7 Å². The van der Waals surface area contributed by atoms with Gasteiger partial charge in [0, 0.05) is 25.9 Å². The number of alkyl halides is 3. The SMILES string of the molecule is CN(Cc1ccnn1C)C(=O)c1cccc(OCC(F)(F)F)c1. The Kier molecular flexibility index (Phi) is 4.92. The predicted molar refractivity (Wildman–Crippen MR) is 77.0 cm³/mol. The summed E-state index contributed by atoms with van der Waals surface area (Å²) in [6.45, 7) is -1.06. The average molecular weight is 327 g/mol. The highest BCUT2D eigenvalue weighted by Gasteiger charge is 2.28. The first kappa shape index (κ1) is 16.9. The van der Waals surface area contributed by atoms with Crippen molar-refractivity contribution in [2.24, 2.45) is 7.05 Å². The standard InChI is InChI=1S/C15H16F3N3O2/c1-20(9-12-6-7-19-21(12)2)14(22)11-4-3-5-13(8-11)23-10-15(16,17)18/h3-8H,9-10H2,1-2H3. The molecule has 0 fully saturated rings. The van der Waals surface area contributed by atoms with Crippen molar-refractivity contribution in [3.05, 3.63) is 47.8 Å². The number of aryl methyl sites for hydroxylation is 1. The van der Waals surface area contributed by atoms with E-state index in [0.29, 0.717) is 6.54 Å². The molecule has 0 saturated carbocycles. The third-order valence-corrected chi connectivity index (χ3v) is 3.15. The van der Waals surface area contributed by atoms with Crippen LogP contribution in [0.25, 0.3) is 0 Å². The zero-order valence-electron chi connectivity index (χ0n) is 12.7. The van der Waals surface area contributed by atoms with Crippen molar-refractivity contribution in [3.63, 3.8) is 0 Å². The Morgan fingerprint density at radius 3 is 2.70 bits per heavy atom. The van der Waals surface area contributed by atoms with E-state index in [1.807, 2.05) is 0 Å². The number of nitrogens with zero attached hydrogens (tertiary/aromatic N) is 3. The van der Waals surface area contributed by atoms with E-state index in [1.165, 1.54) is 29.2 Å². The summed E-state index contributed by atoms with van der Waals surface area (Å²) in [4.78, 5) is 13.8. The van der Waals surface area contributed by atoms with Gasteiger partial charge in [-0.05, 0) is 24.3 Å². The molecule has 0 aliphatic rings. The van der Waals surface area contributed by atoms with Gasteiger partial charge in [-0.3, -0.25) is 9.48 Å². The molecule has 1 amide bonds. The fraction of sp³-hybridized carbons (Fsp3) is 0.333. The first-order valence-corrected chi connectivity index (χ1v) is 6.78. The first-order chi connectivity index (χ1) is 10.8. The van der Waals surface area contributed by atoms with E-state index in [4.69, 9.17) is 0 Å². The van der Waals surface area contributed by atoms with Gasteiger partial charge in [0.2, 0.25) is 0 Å². The van der Waals surface area contributed by atoms with E-state index in [0.717, 1.165) is 5.69 Å². The Bertz CT molecular complexity index is 683. The lowest BCUT2D eigenvalue weighted by Crippen LogP contribution is -2.27. The summed E-state index contributed by atoms with van der Waals surface area (Å²) < 4.78 is 42.8. The molecule has 0 aliphatic carbocycles. The summed E-state index contributed by atoms with van der Waals surface area (Å²) >= 11 is 0. The molecule has 0 bridgehead atoms. The number of ether oxygens (including phenoxy) is 1. The molecule has 1 aromatic carbocycles. The normalized spacial score (nSPS) is 11.3. The van der Waals surface area contributed by atoms with Gasteiger partial charge in [-0.15, -0.1) is 0 Å². The molecule has 2 aromatic rings. The predicted octanol–water partition coefficient (Wildman–Crippen LogP) is 2.63. The minimum atomic E-state index is -4.42. The molecule has 23 heavy (non-hydrogen) atoms. The molecule has 0 unspecified atom stereocenters. The van der Waals surface area contributed by atoms with Crippen LogP contribution in [0, 0.1) is 0 Å². The van der Waals surface area contributed by atoms with Crippen LogP contribution in [0.5, 0.6) is 5.75 Å². The van der Waals surface area contributed by atoms with Gasteiger partial charge < -0.3 is 9.64 Å². The maximum atomic E-state index is 12.4. The van der Waals surface area contributed by atoms with Crippen molar-refractivity contribution in [2.75, 3.05) is 13.7 Å². The summed E-state index contributed by atoms with van der Waals surface area (Å²) in [5.41, 5.74) is 1.10. The van der Waals surface area contributed by atoms with Crippen LogP contribution in [-0.2, 0) is 13.6 Å². The van der Waals surface area contributed by atoms with Crippen molar-refractivity contribution < 1.29 is 22.7 Å². The lowest BCUT2D eigenvalue weighted by Gasteiger charge is -2.18. The van der Waals surface area contributed by atoms with E-state index in [1.54, 1.807) is 31.0 Å². The van der Waals surface area contributed by atoms with Gasteiger partial charge in [-0.25, -0.2) is 0 Å². The van der Waals surface area contributed by atoms with E-state index in [9.17, 15) is 18.0 Å².